The summed E-state index contributed by atoms with van der Waals surface area (Å²) in [6, 6.07) is 9.68. The molecule has 0 bridgehead atoms. The molecular formula is C15H18N2O2. The molecule has 1 amide bonds. The zero-order valence-electron chi connectivity index (χ0n) is 11.3. The summed E-state index contributed by atoms with van der Waals surface area (Å²) in [6.45, 7) is 4.55. The molecule has 0 radical (unpaired) electrons. The molecule has 0 saturated heterocycles. The molecule has 1 N–H and O–H groups in total. The van der Waals surface area contributed by atoms with E-state index in [9.17, 15) is 4.79 Å². The quantitative estimate of drug-likeness (QED) is 0.897. The van der Waals surface area contributed by atoms with Crippen LogP contribution < -0.4 is 5.32 Å². The van der Waals surface area contributed by atoms with Gasteiger partial charge in [0.15, 0.2) is 0 Å². The molecule has 100 valence electrons. The first-order chi connectivity index (χ1) is 9.20. The number of carbonyl (C=O) groups excluding carboxylic acids is 1. The first kappa shape index (κ1) is 13.3. The van der Waals surface area contributed by atoms with Crippen LogP contribution in [-0.2, 0) is 11.2 Å². The van der Waals surface area contributed by atoms with Gasteiger partial charge in [-0.2, -0.15) is 0 Å². The van der Waals surface area contributed by atoms with E-state index in [2.05, 4.69) is 10.3 Å². The van der Waals surface area contributed by atoms with Gasteiger partial charge in [-0.05, 0) is 25.5 Å². The number of nitrogens with zero attached hydrogens (tertiary/aromatic N) is 1. The third kappa shape index (κ3) is 3.44. The minimum Gasteiger partial charge on any atom is -0.441 e. The van der Waals surface area contributed by atoms with E-state index in [0.29, 0.717) is 23.9 Å². The highest BCUT2D eigenvalue weighted by atomic mass is 16.4. The summed E-state index contributed by atoms with van der Waals surface area (Å²) >= 11 is 0. The number of oxazole rings is 1. The molecule has 0 unspecified atom stereocenters. The topological polar surface area (TPSA) is 55.1 Å². The van der Waals surface area contributed by atoms with Crippen LogP contribution in [0.5, 0.6) is 0 Å². The first-order valence-corrected chi connectivity index (χ1v) is 6.49. The van der Waals surface area contributed by atoms with Crippen LogP contribution in [0.25, 0.3) is 11.5 Å². The number of benzene rings is 1. The molecule has 0 fully saturated rings. The Kier molecular flexibility index (Phi) is 4.34. The van der Waals surface area contributed by atoms with Gasteiger partial charge >= 0.3 is 0 Å². The van der Waals surface area contributed by atoms with Crippen LogP contribution in [0.3, 0.4) is 0 Å². The van der Waals surface area contributed by atoms with Crippen molar-refractivity contribution in [2.45, 2.75) is 26.7 Å². The fourth-order valence-electron chi connectivity index (χ4n) is 1.78. The zero-order valence-corrected chi connectivity index (χ0v) is 11.3. The van der Waals surface area contributed by atoms with Gasteiger partial charge in [-0.15, -0.1) is 0 Å². The Morgan fingerprint density at radius 1 is 1.32 bits per heavy atom. The molecule has 4 nitrogen and oxygen atoms in total. The lowest BCUT2D eigenvalue weighted by Crippen LogP contribution is -2.26. The molecule has 2 aromatic rings. The van der Waals surface area contributed by atoms with Crippen LogP contribution in [0.15, 0.2) is 34.7 Å². The van der Waals surface area contributed by atoms with E-state index in [1.807, 2.05) is 44.2 Å². The predicted octanol–water partition coefficient (Wildman–Crippen LogP) is 2.72. The Hall–Kier alpha value is -2.10. The second kappa shape index (κ2) is 6.18. The number of aromatic nitrogens is 1. The van der Waals surface area contributed by atoms with Crippen LogP contribution >= 0.6 is 0 Å². The summed E-state index contributed by atoms with van der Waals surface area (Å²) < 4.78 is 5.61. The van der Waals surface area contributed by atoms with Gasteiger partial charge in [0.05, 0.1) is 12.1 Å². The molecular weight excluding hydrogens is 240 g/mol. The molecule has 1 heterocycles. The Morgan fingerprint density at radius 2 is 2.05 bits per heavy atom. The van der Waals surface area contributed by atoms with Crippen molar-refractivity contribution in [1.82, 2.24) is 10.3 Å². The molecule has 19 heavy (non-hydrogen) atoms. The molecule has 4 heteroatoms. The van der Waals surface area contributed by atoms with Crippen LogP contribution in [-0.4, -0.2) is 17.4 Å². The largest absolute Gasteiger partial charge is 0.441 e. The minimum atomic E-state index is -0.0159. The van der Waals surface area contributed by atoms with Crippen molar-refractivity contribution < 1.29 is 9.21 Å². The standard InChI is InChI=1S/C15H18N2O2/c1-3-9-16-14(18)10-13-11(2)19-15(17-13)12-7-5-4-6-8-12/h4-8H,3,9-10H2,1-2H3,(H,16,18). The lowest BCUT2D eigenvalue weighted by atomic mass is 10.2. The SMILES string of the molecule is CCCNC(=O)Cc1nc(-c2ccccc2)oc1C. The Morgan fingerprint density at radius 3 is 2.74 bits per heavy atom. The maximum absolute atomic E-state index is 11.7. The number of amides is 1. The number of carbonyl (C=O) groups is 1. The van der Waals surface area contributed by atoms with Crippen molar-refractivity contribution in [2.24, 2.45) is 0 Å². The Bertz CT molecular complexity index is 547. The maximum Gasteiger partial charge on any atom is 0.226 e. The molecule has 0 aliphatic carbocycles. The van der Waals surface area contributed by atoms with Crippen LogP contribution in [0, 0.1) is 6.92 Å². The summed E-state index contributed by atoms with van der Waals surface area (Å²) in [5.74, 6) is 1.25. The molecule has 0 spiro atoms. The highest BCUT2D eigenvalue weighted by molar-refractivity contribution is 5.78. The van der Waals surface area contributed by atoms with E-state index < -0.39 is 0 Å². The molecule has 2 rings (SSSR count). The highest BCUT2D eigenvalue weighted by Crippen LogP contribution is 2.21. The van der Waals surface area contributed by atoms with Gasteiger partial charge in [-0.3, -0.25) is 4.79 Å². The van der Waals surface area contributed by atoms with E-state index in [4.69, 9.17) is 4.42 Å². The average Bonchev–Trinajstić information content (AvgIpc) is 2.79. The van der Waals surface area contributed by atoms with Crippen molar-refractivity contribution in [3.8, 4) is 11.5 Å². The minimum absolute atomic E-state index is 0.0159. The Balaban J connectivity index is 2.11. The molecule has 0 aliphatic rings. The second-order valence-corrected chi connectivity index (χ2v) is 4.41. The van der Waals surface area contributed by atoms with E-state index in [0.717, 1.165) is 12.0 Å². The van der Waals surface area contributed by atoms with Crippen LogP contribution in [0.2, 0.25) is 0 Å². The predicted molar refractivity (Wildman–Crippen MR) is 73.7 cm³/mol. The monoisotopic (exact) mass is 258 g/mol. The number of rotatable bonds is 5. The fourth-order valence-corrected chi connectivity index (χ4v) is 1.78. The van der Waals surface area contributed by atoms with Gasteiger partial charge in [-0.25, -0.2) is 4.98 Å². The van der Waals surface area contributed by atoms with Crippen molar-refractivity contribution in [2.75, 3.05) is 6.54 Å². The summed E-state index contributed by atoms with van der Waals surface area (Å²) in [4.78, 5) is 16.1. The smallest absolute Gasteiger partial charge is 0.226 e. The van der Waals surface area contributed by atoms with Crippen LogP contribution in [0.4, 0.5) is 0 Å². The lowest BCUT2D eigenvalue weighted by Gasteiger charge is -2.00. The van der Waals surface area contributed by atoms with Gasteiger partial charge in [0, 0.05) is 12.1 Å². The van der Waals surface area contributed by atoms with E-state index in [1.54, 1.807) is 0 Å². The highest BCUT2D eigenvalue weighted by Gasteiger charge is 2.14. The van der Waals surface area contributed by atoms with E-state index in [1.165, 1.54) is 0 Å². The van der Waals surface area contributed by atoms with Gasteiger partial charge in [0.1, 0.15) is 5.76 Å². The lowest BCUT2D eigenvalue weighted by molar-refractivity contribution is -0.120. The van der Waals surface area contributed by atoms with Crippen LogP contribution in [0.1, 0.15) is 24.8 Å². The molecule has 0 atom stereocenters. The first-order valence-electron chi connectivity index (χ1n) is 6.49. The summed E-state index contributed by atoms with van der Waals surface area (Å²) in [5.41, 5.74) is 1.62. The maximum atomic E-state index is 11.7. The van der Waals surface area contributed by atoms with E-state index >= 15 is 0 Å². The third-order valence-electron chi connectivity index (χ3n) is 2.81. The second-order valence-electron chi connectivity index (χ2n) is 4.41. The molecule has 1 aromatic carbocycles. The van der Waals surface area contributed by atoms with Gasteiger partial charge in [0.25, 0.3) is 0 Å². The molecule has 1 aromatic heterocycles. The molecule has 0 saturated carbocycles. The van der Waals surface area contributed by atoms with Gasteiger partial charge in [-0.1, -0.05) is 25.1 Å². The summed E-state index contributed by atoms with van der Waals surface area (Å²) in [6.07, 6.45) is 1.20. The van der Waals surface area contributed by atoms with Crippen molar-refractivity contribution >= 4 is 5.91 Å². The third-order valence-corrected chi connectivity index (χ3v) is 2.81. The zero-order chi connectivity index (χ0) is 13.7. The van der Waals surface area contributed by atoms with Gasteiger partial charge in [0.2, 0.25) is 11.8 Å². The Labute approximate surface area is 112 Å². The average molecular weight is 258 g/mol. The summed E-state index contributed by atoms with van der Waals surface area (Å²) in [7, 11) is 0. The van der Waals surface area contributed by atoms with Gasteiger partial charge < -0.3 is 9.73 Å². The fraction of sp³-hybridized carbons (Fsp3) is 0.333. The number of nitrogens with one attached hydrogen (secondary N) is 1. The normalized spacial score (nSPS) is 10.4. The summed E-state index contributed by atoms with van der Waals surface area (Å²) in [5, 5.41) is 2.84. The van der Waals surface area contributed by atoms with Crippen molar-refractivity contribution in [3.05, 3.63) is 41.8 Å². The number of aryl methyl sites for hydroxylation is 1. The number of hydrogen-bond donors (Lipinski definition) is 1. The van der Waals surface area contributed by atoms with E-state index in [-0.39, 0.29) is 12.3 Å². The van der Waals surface area contributed by atoms with Crippen molar-refractivity contribution in [3.63, 3.8) is 0 Å². The number of hydrogen-bond acceptors (Lipinski definition) is 3. The van der Waals surface area contributed by atoms with Crippen molar-refractivity contribution in [1.29, 1.82) is 0 Å². The molecule has 0 aliphatic heterocycles.